The molecular weight excluding hydrogens is 360 g/mol. The number of imide groups is 1. The van der Waals surface area contributed by atoms with Gasteiger partial charge in [0, 0.05) is 22.8 Å². The molecule has 140 valence electrons. The van der Waals surface area contributed by atoms with E-state index in [1.807, 2.05) is 0 Å². The normalized spacial score (nSPS) is 18.6. The average Bonchev–Trinajstić information content (AvgIpc) is 2.95. The average molecular weight is 376 g/mol. The van der Waals surface area contributed by atoms with E-state index in [-0.39, 0.29) is 11.0 Å². The van der Waals surface area contributed by atoms with Crippen molar-refractivity contribution >= 4 is 34.4 Å². The number of para-hydroxylation sites is 1. The van der Waals surface area contributed by atoms with Crippen LogP contribution in [0.5, 0.6) is 0 Å². The van der Waals surface area contributed by atoms with E-state index in [9.17, 15) is 19.2 Å². The van der Waals surface area contributed by atoms with Crippen molar-refractivity contribution in [3.63, 3.8) is 0 Å². The van der Waals surface area contributed by atoms with Crippen molar-refractivity contribution < 1.29 is 14.4 Å². The summed E-state index contributed by atoms with van der Waals surface area (Å²) in [7, 11) is 0. The van der Waals surface area contributed by atoms with Crippen LogP contribution < -0.4 is 21.4 Å². The maximum absolute atomic E-state index is 12.6. The minimum atomic E-state index is -1.24. The first kappa shape index (κ1) is 17.5. The van der Waals surface area contributed by atoms with Gasteiger partial charge in [0.1, 0.15) is 11.1 Å². The summed E-state index contributed by atoms with van der Waals surface area (Å²) in [6.07, 6.45) is 1.37. The molecule has 0 aliphatic carbocycles. The molecule has 1 fully saturated rings. The highest BCUT2D eigenvalue weighted by atomic mass is 16.2. The number of nitrogens with one attached hydrogen (secondary N) is 4. The smallest absolute Gasteiger partial charge is 0.322 e. The quantitative estimate of drug-likeness (QED) is 0.521. The molecule has 0 bridgehead atoms. The van der Waals surface area contributed by atoms with Gasteiger partial charge in [-0.05, 0) is 36.8 Å². The number of rotatable bonds is 3. The Balaban J connectivity index is 1.65. The molecule has 0 radical (unpaired) electrons. The summed E-state index contributed by atoms with van der Waals surface area (Å²) in [5.41, 5.74) is -0.106. The summed E-state index contributed by atoms with van der Waals surface area (Å²) < 4.78 is 0. The monoisotopic (exact) mass is 376 g/mol. The minimum absolute atomic E-state index is 0.0257. The number of amides is 4. The van der Waals surface area contributed by atoms with Crippen LogP contribution in [0.15, 0.2) is 59.5 Å². The largest absolute Gasteiger partial charge is 0.360 e. The number of anilines is 1. The van der Waals surface area contributed by atoms with Gasteiger partial charge >= 0.3 is 6.03 Å². The predicted octanol–water partition coefficient (Wildman–Crippen LogP) is 1.83. The highest BCUT2D eigenvalue weighted by molar-refractivity contribution is 6.08. The Hall–Kier alpha value is -3.94. The van der Waals surface area contributed by atoms with Gasteiger partial charge in [0.15, 0.2) is 0 Å². The molecule has 4 N–H and O–H groups in total. The molecule has 1 aromatic heterocycles. The highest BCUT2D eigenvalue weighted by Gasteiger charge is 2.43. The lowest BCUT2D eigenvalue weighted by molar-refractivity contribution is -0.123. The van der Waals surface area contributed by atoms with Crippen molar-refractivity contribution in [3.8, 4) is 0 Å². The van der Waals surface area contributed by atoms with E-state index in [0.717, 1.165) is 0 Å². The van der Waals surface area contributed by atoms with Crippen LogP contribution >= 0.6 is 0 Å². The van der Waals surface area contributed by atoms with E-state index in [4.69, 9.17) is 0 Å². The Morgan fingerprint density at radius 3 is 2.57 bits per heavy atom. The fourth-order valence-electron chi connectivity index (χ4n) is 3.19. The van der Waals surface area contributed by atoms with Crippen molar-refractivity contribution in [2.75, 3.05) is 5.32 Å². The Kier molecular flexibility index (Phi) is 3.96. The Labute approximate surface area is 159 Å². The molecule has 0 saturated carbocycles. The third kappa shape index (κ3) is 2.81. The van der Waals surface area contributed by atoms with Crippen molar-refractivity contribution in [2.45, 2.75) is 12.5 Å². The second kappa shape index (κ2) is 6.34. The minimum Gasteiger partial charge on any atom is -0.360 e. The van der Waals surface area contributed by atoms with Crippen LogP contribution in [0.2, 0.25) is 0 Å². The predicted molar refractivity (Wildman–Crippen MR) is 103 cm³/mol. The maximum Gasteiger partial charge on any atom is 0.322 e. The summed E-state index contributed by atoms with van der Waals surface area (Å²) >= 11 is 0. The molecule has 1 atom stereocenters. The van der Waals surface area contributed by atoms with Gasteiger partial charge in [-0.25, -0.2) is 4.79 Å². The van der Waals surface area contributed by atoms with Crippen LogP contribution in [0.3, 0.4) is 0 Å². The number of hydrogen-bond acceptors (Lipinski definition) is 4. The molecule has 8 heteroatoms. The number of urea groups is 1. The third-order valence-corrected chi connectivity index (χ3v) is 4.78. The summed E-state index contributed by atoms with van der Waals surface area (Å²) in [6, 6.07) is 12.9. The van der Waals surface area contributed by atoms with Crippen LogP contribution in [0, 0.1) is 0 Å². The molecule has 4 amide bonds. The Bertz CT molecular complexity index is 1200. The zero-order valence-electron chi connectivity index (χ0n) is 14.8. The molecule has 8 nitrogen and oxygen atoms in total. The standard InChI is InChI=1S/C20H16N4O4/c1-20(18(27)23-19(28)24-20)11-5-4-6-12(9-11)22-17(26)14-10-21-15-8-3-2-7-13(15)16(14)25/h2-10H,1H3,(H,21,25)(H,22,26)(H2,23,24,27,28). The second-order valence-electron chi connectivity index (χ2n) is 6.65. The summed E-state index contributed by atoms with van der Waals surface area (Å²) in [4.78, 5) is 51.7. The van der Waals surface area contributed by atoms with Crippen LogP contribution in [-0.2, 0) is 10.3 Å². The Morgan fingerprint density at radius 2 is 1.82 bits per heavy atom. The summed E-state index contributed by atoms with van der Waals surface area (Å²) in [6.45, 7) is 1.57. The van der Waals surface area contributed by atoms with Gasteiger partial charge in [-0.3, -0.25) is 19.7 Å². The molecule has 1 saturated heterocycles. The lowest BCUT2D eigenvalue weighted by Crippen LogP contribution is -2.40. The number of carbonyl (C=O) groups excluding carboxylic acids is 3. The molecule has 1 aliphatic rings. The van der Waals surface area contributed by atoms with Crippen LogP contribution in [-0.4, -0.2) is 22.8 Å². The lowest BCUT2D eigenvalue weighted by Gasteiger charge is -2.21. The number of fused-ring (bicyclic) bond motifs is 1. The first-order valence-corrected chi connectivity index (χ1v) is 8.54. The number of carbonyl (C=O) groups is 3. The van der Waals surface area contributed by atoms with Gasteiger partial charge in [-0.15, -0.1) is 0 Å². The van der Waals surface area contributed by atoms with E-state index < -0.39 is 23.4 Å². The molecular formula is C20H16N4O4. The fourth-order valence-corrected chi connectivity index (χ4v) is 3.19. The summed E-state index contributed by atoms with van der Waals surface area (Å²) in [5, 5.41) is 7.85. The van der Waals surface area contributed by atoms with E-state index in [1.165, 1.54) is 6.20 Å². The lowest BCUT2D eigenvalue weighted by atomic mass is 9.92. The van der Waals surface area contributed by atoms with E-state index in [2.05, 4.69) is 20.9 Å². The zero-order chi connectivity index (χ0) is 19.9. The van der Waals surface area contributed by atoms with E-state index >= 15 is 0 Å². The van der Waals surface area contributed by atoms with Crippen molar-refractivity contribution in [1.29, 1.82) is 0 Å². The number of aromatic nitrogens is 1. The van der Waals surface area contributed by atoms with Crippen LogP contribution in [0.25, 0.3) is 10.9 Å². The molecule has 0 spiro atoms. The van der Waals surface area contributed by atoms with Crippen LogP contribution in [0.1, 0.15) is 22.8 Å². The van der Waals surface area contributed by atoms with Crippen molar-refractivity contribution in [2.24, 2.45) is 0 Å². The molecule has 1 aliphatic heterocycles. The summed E-state index contributed by atoms with van der Waals surface area (Å²) in [5.74, 6) is -1.05. The molecule has 28 heavy (non-hydrogen) atoms. The molecule has 1 unspecified atom stereocenters. The SMILES string of the molecule is CC1(c2cccc(NC(=O)c3c[nH]c4ccccc4c3=O)c2)NC(=O)NC1=O. The molecule has 3 aromatic rings. The second-order valence-corrected chi connectivity index (χ2v) is 6.65. The Morgan fingerprint density at radius 1 is 1.04 bits per heavy atom. The molecule has 4 rings (SSSR count). The van der Waals surface area contributed by atoms with Crippen LogP contribution in [0.4, 0.5) is 10.5 Å². The number of H-pyrrole nitrogens is 1. The number of pyridine rings is 1. The van der Waals surface area contributed by atoms with Gasteiger partial charge in [-0.1, -0.05) is 24.3 Å². The van der Waals surface area contributed by atoms with Crippen molar-refractivity contribution in [3.05, 3.63) is 76.1 Å². The van der Waals surface area contributed by atoms with Gasteiger partial charge in [0.25, 0.3) is 11.8 Å². The zero-order valence-corrected chi connectivity index (χ0v) is 14.8. The van der Waals surface area contributed by atoms with Gasteiger partial charge in [-0.2, -0.15) is 0 Å². The molecule has 2 heterocycles. The highest BCUT2D eigenvalue weighted by Crippen LogP contribution is 2.26. The first-order valence-electron chi connectivity index (χ1n) is 8.54. The number of benzene rings is 2. The van der Waals surface area contributed by atoms with E-state index in [1.54, 1.807) is 55.5 Å². The third-order valence-electron chi connectivity index (χ3n) is 4.78. The first-order chi connectivity index (χ1) is 13.4. The fraction of sp³-hybridized carbons (Fsp3) is 0.100. The van der Waals surface area contributed by atoms with Crippen molar-refractivity contribution in [1.82, 2.24) is 15.6 Å². The molecule has 2 aromatic carbocycles. The maximum atomic E-state index is 12.6. The topological polar surface area (TPSA) is 120 Å². The van der Waals surface area contributed by atoms with Gasteiger partial charge in [0.05, 0.1) is 0 Å². The number of aromatic amines is 1. The van der Waals surface area contributed by atoms with E-state index in [0.29, 0.717) is 22.2 Å². The number of hydrogen-bond donors (Lipinski definition) is 4. The van der Waals surface area contributed by atoms with Gasteiger partial charge < -0.3 is 15.6 Å². The van der Waals surface area contributed by atoms with Gasteiger partial charge in [0.2, 0.25) is 5.43 Å².